The Morgan fingerprint density at radius 1 is 1.25 bits per heavy atom. The van der Waals surface area contributed by atoms with Gasteiger partial charge in [-0.15, -0.1) is 0 Å². The molecule has 0 saturated heterocycles. The minimum atomic E-state index is -0.931. The summed E-state index contributed by atoms with van der Waals surface area (Å²) < 4.78 is 0. The normalized spacial score (nSPS) is 24.2. The molecule has 0 saturated carbocycles. The lowest BCUT2D eigenvalue weighted by atomic mass is 9.78. The molecule has 0 radical (unpaired) electrons. The van der Waals surface area contributed by atoms with Crippen molar-refractivity contribution in [1.29, 1.82) is 0 Å². The summed E-state index contributed by atoms with van der Waals surface area (Å²) in [5, 5.41) is 10.6. The molecule has 86 valence electrons. The Balaban J connectivity index is 2.66. The number of aliphatic imine (C=N–C) groups is 1. The van der Waals surface area contributed by atoms with Crippen molar-refractivity contribution in [3.05, 3.63) is 29.3 Å². The molecule has 1 atom stereocenters. The lowest BCUT2D eigenvalue weighted by molar-refractivity contribution is 0.127. The maximum Gasteiger partial charge on any atom is 0.127 e. The summed E-state index contributed by atoms with van der Waals surface area (Å²) in [5.74, 6) is 0. The van der Waals surface area contributed by atoms with Crippen LogP contribution in [0.5, 0.6) is 0 Å². The molecule has 1 N–H and O–H groups in total. The largest absolute Gasteiger partial charge is 0.379 e. The van der Waals surface area contributed by atoms with Crippen LogP contribution >= 0.6 is 0 Å². The summed E-state index contributed by atoms with van der Waals surface area (Å²) in [4.78, 5) is 4.64. The van der Waals surface area contributed by atoms with Crippen molar-refractivity contribution in [1.82, 2.24) is 0 Å². The zero-order chi connectivity index (χ0) is 12.1. The van der Waals surface area contributed by atoms with E-state index in [1.807, 2.05) is 32.0 Å². The molecule has 0 aromatic heterocycles. The van der Waals surface area contributed by atoms with Gasteiger partial charge in [0, 0.05) is 11.0 Å². The van der Waals surface area contributed by atoms with Crippen LogP contribution in [0.3, 0.4) is 0 Å². The van der Waals surface area contributed by atoms with Crippen LogP contribution < -0.4 is 0 Å². The molecule has 1 aromatic carbocycles. The zero-order valence-corrected chi connectivity index (χ0v) is 10.6. The van der Waals surface area contributed by atoms with Crippen LogP contribution in [-0.2, 0) is 5.60 Å². The molecular weight excluding hydrogens is 198 g/mol. The zero-order valence-electron chi connectivity index (χ0n) is 10.6. The van der Waals surface area contributed by atoms with E-state index in [1.54, 1.807) is 0 Å². The molecule has 0 aliphatic carbocycles. The number of benzene rings is 1. The Morgan fingerprint density at radius 2 is 1.88 bits per heavy atom. The van der Waals surface area contributed by atoms with E-state index >= 15 is 0 Å². The van der Waals surface area contributed by atoms with Crippen LogP contribution in [0.2, 0.25) is 0 Å². The van der Waals surface area contributed by atoms with E-state index in [2.05, 4.69) is 25.8 Å². The minimum absolute atomic E-state index is 0.116. The number of fused-ring (bicyclic) bond motifs is 1. The summed E-state index contributed by atoms with van der Waals surface area (Å²) in [5.41, 5.74) is 2.80. The van der Waals surface area contributed by atoms with Gasteiger partial charge in [0.15, 0.2) is 0 Å². The van der Waals surface area contributed by atoms with E-state index < -0.39 is 5.60 Å². The molecular formula is C14H19NO. The van der Waals surface area contributed by atoms with Crippen molar-refractivity contribution in [2.75, 3.05) is 0 Å². The van der Waals surface area contributed by atoms with Gasteiger partial charge in [-0.25, -0.2) is 0 Å². The highest BCUT2D eigenvalue weighted by molar-refractivity contribution is 6.03. The van der Waals surface area contributed by atoms with E-state index in [1.165, 1.54) is 0 Å². The highest BCUT2D eigenvalue weighted by Crippen LogP contribution is 2.44. The molecule has 1 aliphatic heterocycles. The fraction of sp³-hybridized carbons (Fsp3) is 0.500. The Kier molecular flexibility index (Phi) is 2.25. The van der Waals surface area contributed by atoms with Gasteiger partial charge in [-0.2, -0.15) is 0 Å². The van der Waals surface area contributed by atoms with E-state index in [0.717, 1.165) is 22.5 Å². The fourth-order valence-corrected chi connectivity index (χ4v) is 2.45. The third kappa shape index (κ3) is 1.49. The second-order valence-electron chi connectivity index (χ2n) is 5.75. The number of rotatable bonds is 0. The first kappa shape index (κ1) is 11.3. The molecule has 1 aromatic rings. The van der Waals surface area contributed by atoms with Gasteiger partial charge >= 0.3 is 0 Å². The second-order valence-corrected chi connectivity index (χ2v) is 5.75. The Bertz CT molecular complexity index is 464. The lowest BCUT2D eigenvalue weighted by Gasteiger charge is -2.29. The van der Waals surface area contributed by atoms with Crippen molar-refractivity contribution < 1.29 is 5.11 Å². The Labute approximate surface area is 97.0 Å². The highest BCUT2D eigenvalue weighted by Gasteiger charge is 2.43. The van der Waals surface area contributed by atoms with Crippen LogP contribution in [-0.4, -0.2) is 10.8 Å². The topological polar surface area (TPSA) is 32.6 Å². The van der Waals surface area contributed by atoms with Gasteiger partial charge in [0.1, 0.15) is 5.60 Å². The molecule has 2 rings (SSSR count). The van der Waals surface area contributed by atoms with Gasteiger partial charge in [0.05, 0.1) is 11.4 Å². The van der Waals surface area contributed by atoms with Crippen molar-refractivity contribution in [3.63, 3.8) is 0 Å². The van der Waals surface area contributed by atoms with Gasteiger partial charge in [-0.1, -0.05) is 39.0 Å². The highest BCUT2D eigenvalue weighted by atomic mass is 16.3. The van der Waals surface area contributed by atoms with Gasteiger partial charge in [0.2, 0.25) is 0 Å². The average Bonchev–Trinajstić information content (AvgIpc) is 2.39. The number of hydrogen-bond donors (Lipinski definition) is 1. The SMILES string of the molecule is Cc1cccc2c1N=C(C(C)(C)C)C2(C)O. The summed E-state index contributed by atoms with van der Waals surface area (Å²) in [6.07, 6.45) is 0. The summed E-state index contributed by atoms with van der Waals surface area (Å²) in [7, 11) is 0. The number of hydrogen-bond acceptors (Lipinski definition) is 2. The number of para-hydroxylation sites is 1. The summed E-state index contributed by atoms with van der Waals surface area (Å²) in [6, 6.07) is 5.97. The van der Waals surface area contributed by atoms with Crippen LogP contribution in [0.15, 0.2) is 23.2 Å². The Hall–Kier alpha value is -1.15. The van der Waals surface area contributed by atoms with E-state index in [4.69, 9.17) is 0 Å². The molecule has 0 fully saturated rings. The van der Waals surface area contributed by atoms with Gasteiger partial charge < -0.3 is 5.11 Å². The van der Waals surface area contributed by atoms with Crippen molar-refractivity contribution >= 4 is 11.4 Å². The number of aryl methyl sites for hydroxylation is 1. The smallest absolute Gasteiger partial charge is 0.127 e. The summed E-state index contributed by atoms with van der Waals surface area (Å²) >= 11 is 0. The molecule has 1 aliphatic rings. The molecule has 0 amide bonds. The molecule has 0 bridgehead atoms. The quantitative estimate of drug-likeness (QED) is 0.710. The van der Waals surface area contributed by atoms with E-state index in [9.17, 15) is 5.11 Å². The van der Waals surface area contributed by atoms with Crippen LogP contribution in [0.4, 0.5) is 5.69 Å². The second kappa shape index (κ2) is 3.17. The average molecular weight is 217 g/mol. The number of aliphatic hydroxyl groups is 1. The van der Waals surface area contributed by atoms with Gasteiger partial charge in [-0.05, 0) is 19.4 Å². The van der Waals surface area contributed by atoms with Crippen molar-refractivity contribution in [2.24, 2.45) is 10.4 Å². The van der Waals surface area contributed by atoms with Crippen molar-refractivity contribution in [2.45, 2.75) is 40.2 Å². The van der Waals surface area contributed by atoms with Crippen molar-refractivity contribution in [3.8, 4) is 0 Å². The number of nitrogens with zero attached hydrogens (tertiary/aromatic N) is 1. The first-order valence-electron chi connectivity index (χ1n) is 5.66. The standard InChI is InChI=1S/C14H19NO/c1-9-7-6-8-10-11(9)15-12(13(2,3)4)14(10,5)16/h6-8,16H,1-5H3. The predicted octanol–water partition coefficient (Wildman–Crippen LogP) is 3.33. The maximum atomic E-state index is 10.6. The molecule has 2 nitrogen and oxygen atoms in total. The maximum absolute atomic E-state index is 10.6. The first-order valence-corrected chi connectivity index (χ1v) is 5.66. The third-order valence-electron chi connectivity index (χ3n) is 3.16. The molecule has 2 heteroatoms. The molecule has 1 unspecified atom stereocenters. The monoisotopic (exact) mass is 217 g/mol. The van der Waals surface area contributed by atoms with Gasteiger partial charge in [-0.3, -0.25) is 4.99 Å². The first-order chi connectivity index (χ1) is 7.24. The van der Waals surface area contributed by atoms with Crippen LogP contribution in [0.1, 0.15) is 38.8 Å². The van der Waals surface area contributed by atoms with Gasteiger partial charge in [0.25, 0.3) is 0 Å². The third-order valence-corrected chi connectivity index (χ3v) is 3.16. The summed E-state index contributed by atoms with van der Waals surface area (Å²) in [6.45, 7) is 10.1. The lowest BCUT2D eigenvalue weighted by Crippen LogP contribution is -2.37. The molecule has 16 heavy (non-hydrogen) atoms. The predicted molar refractivity (Wildman–Crippen MR) is 67.3 cm³/mol. The molecule has 1 heterocycles. The van der Waals surface area contributed by atoms with E-state index in [-0.39, 0.29) is 5.41 Å². The Morgan fingerprint density at radius 3 is 2.38 bits per heavy atom. The minimum Gasteiger partial charge on any atom is -0.379 e. The fourth-order valence-electron chi connectivity index (χ4n) is 2.45. The van der Waals surface area contributed by atoms with E-state index in [0.29, 0.717) is 0 Å². The van der Waals surface area contributed by atoms with Crippen LogP contribution in [0.25, 0.3) is 0 Å². The van der Waals surface area contributed by atoms with Crippen LogP contribution in [0, 0.1) is 12.3 Å². The molecule has 0 spiro atoms.